The molecule has 1 saturated heterocycles. The van der Waals surface area contributed by atoms with Crippen molar-refractivity contribution in [2.75, 3.05) is 33.7 Å². The van der Waals surface area contributed by atoms with Crippen LogP contribution in [0.1, 0.15) is 38.5 Å². The lowest BCUT2D eigenvalue weighted by Gasteiger charge is -2.24. The second-order valence-electron chi connectivity index (χ2n) is 5.68. The lowest BCUT2D eigenvalue weighted by atomic mass is 9.98. The Hall–Kier alpha value is -0.120. The number of hydrogen-bond acceptors (Lipinski definition) is 3. The van der Waals surface area contributed by atoms with Gasteiger partial charge in [-0.2, -0.15) is 0 Å². The van der Waals surface area contributed by atoms with E-state index in [0.29, 0.717) is 11.7 Å². The second kappa shape index (κ2) is 5.48. The van der Waals surface area contributed by atoms with Crippen molar-refractivity contribution in [2.24, 2.45) is 0 Å². The summed E-state index contributed by atoms with van der Waals surface area (Å²) in [5, 5.41) is 3.50. The lowest BCUT2D eigenvalue weighted by Crippen LogP contribution is -2.34. The van der Waals surface area contributed by atoms with E-state index in [2.05, 4.69) is 24.3 Å². The molecular formula is C13H26N2O. The number of hydrogen-bond donors (Lipinski definition) is 1. The van der Waals surface area contributed by atoms with Crippen LogP contribution in [0, 0.1) is 0 Å². The Morgan fingerprint density at radius 2 is 2.00 bits per heavy atom. The van der Waals surface area contributed by atoms with Gasteiger partial charge < -0.3 is 15.0 Å². The topological polar surface area (TPSA) is 24.5 Å². The number of nitrogens with zero attached hydrogens (tertiary/aromatic N) is 1. The van der Waals surface area contributed by atoms with Gasteiger partial charge in [0.25, 0.3) is 0 Å². The molecule has 2 aliphatic rings. The molecule has 2 fully saturated rings. The molecule has 1 N–H and O–H groups in total. The highest BCUT2D eigenvalue weighted by atomic mass is 16.5. The van der Waals surface area contributed by atoms with Gasteiger partial charge in [-0.3, -0.25) is 0 Å². The minimum absolute atomic E-state index is 0.299. The summed E-state index contributed by atoms with van der Waals surface area (Å²) in [5.74, 6) is 0. The molecule has 1 unspecified atom stereocenters. The van der Waals surface area contributed by atoms with E-state index < -0.39 is 0 Å². The first-order valence-electron chi connectivity index (χ1n) is 6.73. The van der Waals surface area contributed by atoms with Crippen molar-refractivity contribution < 1.29 is 4.74 Å². The third-order valence-electron chi connectivity index (χ3n) is 3.96. The summed E-state index contributed by atoms with van der Waals surface area (Å²) in [6.45, 7) is 3.22. The van der Waals surface area contributed by atoms with E-state index in [0.717, 1.165) is 19.6 Å². The van der Waals surface area contributed by atoms with Gasteiger partial charge in [0, 0.05) is 19.6 Å². The largest absolute Gasteiger partial charge is 0.370 e. The fourth-order valence-corrected chi connectivity index (χ4v) is 2.99. The van der Waals surface area contributed by atoms with Gasteiger partial charge >= 0.3 is 0 Å². The van der Waals surface area contributed by atoms with Gasteiger partial charge in [0.15, 0.2) is 0 Å². The Balaban J connectivity index is 1.61. The van der Waals surface area contributed by atoms with E-state index in [-0.39, 0.29) is 0 Å². The summed E-state index contributed by atoms with van der Waals surface area (Å²) < 4.78 is 6.24. The summed E-state index contributed by atoms with van der Waals surface area (Å²) in [6.07, 6.45) is 8.40. The lowest BCUT2D eigenvalue weighted by molar-refractivity contribution is -0.0350. The van der Waals surface area contributed by atoms with Crippen LogP contribution in [0.2, 0.25) is 0 Å². The van der Waals surface area contributed by atoms with Crippen molar-refractivity contribution >= 4 is 0 Å². The van der Waals surface area contributed by atoms with Crippen LogP contribution < -0.4 is 5.32 Å². The van der Waals surface area contributed by atoms with Gasteiger partial charge in [0.2, 0.25) is 0 Å². The maximum absolute atomic E-state index is 6.24. The molecule has 1 aliphatic carbocycles. The van der Waals surface area contributed by atoms with Crippen LogP contribution in [-0.4, -0.2) is 50.3 Å². The van der Waals surface area contributed by atoms with E-state index in [9.17, 15) is 0 Å². The van der Waals surface area contributed by atoms with Crippen molar-refractivity contribution in [1.82, 2.24) is 10.2 Å². The van der Waals surface area contributed by atoms with Crippen LogP contribution in [0.3, 0.4) is 0 Å². The molecule has 0 amide bonds. The monoisotopic (exact) mass is 226 g/mol. The van der Waals surface area contributed by atoms with Crippen LogP contribution in [0.5, 0.6) is 0 Å². The van der Waals surface area contributed by atoms with Crippen LogP contribution in [0.25, 0.3) is 0 Å². The number of nitrogens with one attached hydrogen (secondary N) is 1. The van der Waals surface area contributed by atoms with Crippen LogP contribution >= 0.6 is 0 Å². The molecule has 0 bridgehead atoms. The zero-order valence-electron chi connectivity index (χ0n) is 10.8. The summed E-state index contributed by atoms with van der Waals surface area (Å²) in [4.78, 5) is 2.21. The minimum Gasteiger partial charge on any atom is -0.370 e. The molecule has 0 aromatic carbocycles. The Morgan fingerprint density at radius 3 is 2.69 bits per heavy atom. The van der Waals surface area contributed by atoms with E-state index in [1.807, 2.05) is 0 Å². The number of ether oxygens (including phenoxy) is 1. The molecular weight excluding hydrogens is 200 g/mol. The molecule has 0 aromatic heterocycles. The zero-order valence-corrected chi connectivity index (χ0v) is 10.8. The average molecular weight is 226 g/mol. The quantitative estimate of drug-likeness (QED) is 0.721. The molecule has 16 heavy (non-hydrogen) atoms. The summed E-state index contributed by atoms with van der Waals surface area (Å²) >= 11 is 0. The first-order valence-corrected chi connectivity index (χ1v) is 6.73. The van der Waals surface area contributed by atoms with E-state index >= 15 is 0 Å². The molecule has 1 aliphatic heterocycles. The standard InChI is InChI=1S/C13H26N2O/c1-15(2)10-9-14-11-12-5-8-13(16-12)6-3-4-7-13/h12,14H,3-11H2,1-2H3. The molecule has 3 heteroatoms. The predicted molar refractivity (Wildman–Crippen MR) is 66.7 cm³/mol. The maximum atomic E-state index is 6.24. The minimum atomic E-state index is 0.299. The SMILES string of the molecule is CN(C)CCNCC1CCC2(CCCC2)O1. The van der Waals surface area contributed by atoms with Gasteiger partial charge in [0.1, 0.15) is 0 Å². The van der Waals surface area contributed by atoms with E-state index in [1.54, 1.807) is 0 Å². The summed E-state index contributed by atoms with van der Waals surface area (Å²) in [6, 6.07) is 0. The van der Waals surface area contributed by atoms with Crippen LogP contribution in [0.4, 0.5) is 0 Å². The van der Waals surface area contributed by atoms with Crippen molar-refractivity contribution in [3.63, 3.8) is 0 Å². The average Bonchev–Trinajstić information content (AvgIpc) is 2.85. The Morgan fingerprint density at radius 1 is 1.25 bits per heavy atom. The van der Waals surface area contributed by atoms with Crippen molar-refractivity contribution in [3.05, 3.63) is 0 Å². The molecule has 1 atom stereocenters. The predicted octanol–water partition coefficient (Wildman–Crippen LogP) is 1.63. The third-order valence-corrected chi connectivity index (χ3v) is 3.96. The molecule has 2 rings (SSSR count). The Kier molecular flexibility index (Phi) is 4.22. The fraction of sp³-hybridized carbons (Fsp3) is 1.00. The van der Waals surface area contributed by atoms with Gasteiger partial charge in [-0.05, 0) is 39.8 Å². The Labute approximate surface area is 99.5 Å². The fourth-order valence-electron chi connectivity index (χ4n) is 2.99. The van der Waals surface area contributed by atoms with Crippen LogP contribution in [0.15, 0.2) is 0 Å². The summed E-state index contributed by atoms with van der Waals surface area (Å²) in [7, 11) is 4.22. The van der Waals surface area contributed by atoms with Crippen molar-refractivity contribution in [1.29, 1.82) is 0 Å². The maximum Gasteiger partial charge on any atom is 0.0708 e. The number of rotatable bonds is 5. The number of likely N-dealkylation sites (N-methyl/N-ethyl adjacent to an activating group) is 1. The second-order valence-corrected chi connectivity index (χ2v) is 5.68. The first-order chi connectivity index (χ1) is 7.70. The third kappa shape index (κ3) is 3.19. The highest BCUT2D eigenvalue weighted by molar-refractivity contribution is 4.93. The van der Waals surface area contributed by atoms with Gasteiger partial charge in [-0.15, -0.1) is 0 Å². The van der Waals surface area contributed by atoms with Gasteiger partial charge in [-0.1, -0.05) is 12.8 Å². The molecule has 0 aromatic rings. The van der Waals surface area contributed by atoms with E-state index in [4.69, 9.17) is 4.74 Å². The Bertz CT molecular complexity index is 212. The highest BCUT2D eigenvalue weighted by Crippen LogP contribution is 2.42. The highest BCUT2D eigenvalue weighted by Gasteiger charge is 2.41. The molecule has 3 nitrogen and oxygen atoms in total. The van der Waals surface area contributed by atoms with Gasteiger partial charge in [0.05, 0.1) is 11.7 Å². The smallest absolute Gasteiger partial charge is 0.0708 e. The molecule has 1 spiro atoms. The van der Waals surface area contributed by atoms with E-state index in [1.165, 1.54) is 38.5 Å². The molecule has 1 saturated carbocycles. The van der Waals surface area contributed by atoms with Crippen molar-refractivity contribution in [2.45, 2.75) is 50.2 Å². The zero-order chi connectivity index (χ0) is 11.4. The molecule has 0 radical (unpaired) electrons. The van der Waals surface area contributed by atoms with Gasteiger partial charge in [-0.25, -0.2) is 0 Å². The van der Waals surface area contributed by atoms with Crippen molar-refractivity contribution in [3.8, 4) is 0 Å². The molecule has 94 valence electrons. The van der Waals surface area contributed by atoms with Crippen LogP contribution in [-0.2, 0) is 4.74 Å². The normalized spacial score (nSPS) is 28.3. The summed E-state index contributed by atoms with van der Waals surface area (Å²) in [5.41, 5.74) is 0.299. The molecule has 1 heterocycles. The first kappa shape index (κ1) is 12.3.